The average Bonchev–Trinajstić information content (AvgIpc) is 2.86. The van der Waals surface area contributed by atoms with E-state index >= 15 is 0 Å². The van der Waals surface area contributed by atoms with Crippen LogP contribution in [0.3, 0.4) is 0 Å². The molecule has 0 saturated carbocycles. The predicted molar refractivity (Wildman–Crippen MR) is 66.9 cm³/mol. The average molecular weight is 240 g/mol. The third-order valence-electron chi connectivity index (χ3n) is 3.95. The molecule has 0 aromatic heterocycles. The molecule has 2 rings (SSSR count). The lowest BCUT2D eigenvalue weighted by Crippen LogP contribution is -2.36. The maximum atomic E-state index is 12.0. The number of methoxy groups -OCH3 is 1. The summed E-state index contributed by atoms with van der Waals surface area (Å²) in [4.78, 5) is 13.9. The molecule has 17 heavy (non-hydrogen) atoms. The fourth-order valence-corrected chi connectivity index (χ4v) is 2.77. The van der Waals surface area contributed by atoms with Crippen molar-refractivity contribution in [3.8, 4) is 0 Å². The van der Waals surface area contributed by atoms with E-state index < -0.39 is 0 Å². The molecule has 0 aromatic carbocycles. The molecule has 1 amide bonds. The molecule has 2 unspecified atom stereocenters. The van der Waals surface area contributed by atoms with Gasteiger partial charge in [-0.15, -0.1) is 0 Å². The van der Waals surface area contributed by atoms with Gasteiger partial charge in [0.15, 0.2) is 0 Å². The van der Waals surface area contributed by atoms with Gasteiger partial charge >= 0.3 is 0 Å². The molecule has 2 aliphatic heterocycles. The number of carbonyl (C=O) groups excluding carboxylic acids is 1. The third-order valence-corrected chi connectivity index (χ3v) is 3.95. The molecule has 4 heteroatoms. The molecule has 2 fully saturated rings. The van der Waals surface area contributed by atoms with E-state index in [0.717, 1.165) is 32.5 Å². The minimum Gasteiger partial charge on any atom is -0.380 e. The maximum Gasteiger partial charge on any atom is 0.222 e. The molecular formula is C13H24N2O2. The summed E-state index contributed by atoms with van der Waals surface area (Å²) in [5, 5.41) is 3.49. The van der Waals surface area contributed by atoms with E-state index in [0.29, 0.717) is 18.4 Å². The first-order chi connectivity index (χ1) is 8.29. The fourth-order valence-electron chi connectivity index (χ4n) is 2.77. The van der Waals surface area contributed by atoms with E-state index in [4.69, 9.17) is 4.74 Å². The van der Waals surface area contributed by atoms with Crippen molar-refractivity contribution in [2.45, 2.75) is 50.7 Å². The number of carbonyl (C=O) groups is 1. The number of piperidine rings is 1. The van der Waals surface area contributed by atoms with Crippen molar-refractivity contribution in [3.05, 3.63) is 0 Å². The number of amides is 1. The van der Waals surface area contributed by atoms with Crippen LogP contribution in [-0.4, -0.2) is 49.7 Å². The molecule has 2 aliphatic rings. The Balaban J connectivity index is 1.66. The topological polar surface area (TPSA) is 41.6 Å². The third kappa shape index (κ3) is 3.68. The standard InChI is InChI=1S/C13H24N2O2/c1-17-12-7-9-15(10-12)13(16)6-5-11-4-2-3-8-14-11/h11-12,14H,2-10H2,1H3. The number of hydrogen-bond donors (Lipinski definition) is 1. The molecule has 2 saturated heterocycles. The summed E-state index contributed by atoms with van der Waals surface area (Å²) >= 11 is 0. The largest absolute Gasteiger partial charge is 0.380 e. The number of nitrogens with one attached hydrogen (secondary N) is 1. The van der Waals surface area contributed by atoms with E-state index in [-0.39, 0.29) is 6.10 Å². The Labute approximate surface area is 104 Å². The van der Waals surface area contributed by atoms with Gasteiger partial charge in [0.25, 0.3) is 0 Å². The Morgan fingerprint density at radius 1 is 1.41 bits per heavy atom. The minimum atomic E-state index is 0.256. The number of nitrogens with zero attached hydrogens (tertiary/aromatic N) is 1. The van der Waals surface area contributed by atoms with Crippen molar-refractivity contribution in [1.82, 2.24) is 10.2 Å². The molecule has 1 N–H and O–H groups in total. The van der Waals surface area contributed by atoms with Crippen LogP contribution in [0.25, 0.3) is 0 Å². The van der Waals surface area contributed by atoms with E-state index in [1.807, 2.05) is 4.90 Å². The molecule has 2 heterocycles. The van der Waals surface area contributed by atoms with Gasteiger partial charge in [-0.1, -0.05) is 6.42 Å². The molecule has 0 aromatic rings. The minimum absolute atomic E-state index is 0.256. The highest BCUT2D eigenvalue weighted by Gasteiger charge is 2.26. The van der Waals surface area contributed by atoms with Crippen molar-refractivity contribution in [1.29, 1.82) is 0 Å². The van der Waals surface area contributed by atoms with E-state index in [1.54, 1.807) is 7.11 Å². The second-order valence-corrected chi connectivity index (χ2v) is 5.17. The Kier molecular flexibility index (Phi) is 4.80. The van der Waals surface area contributed by atoms with Gasteiger partial charge in [0.1, 0.15) is 0 Å². The lowest BCUT2D eigenvalue weighted by atomic mass is 10.0. The van der Waals surface area contributed by atoms with Gasteiger partial charge in [0.05, 0.1) is 6.10 Å². The van der Waals surface area contributed by atoms with Crippen LogP contribution in [0, 0.1) is 0 Å². The van der Waals surface area contributed by atoms with E-state index in [1.165, 1.54) is 19.3 Å². The molecule has 0 bridgehead atoms. The van der Waals surface area contributed by atoms with Gasteiger partial charge in [-0.25, -0.2) is 0 Å². The van der Waals surface area contributed by atoms with Crippen molar-refractivity contribution >= 4 is 5.91 Å². The zero-order valence-corrected chi connectivity index (χ0v) is 10.8. The Hall–Kier alpha value is -0.610. The highest BCUT2D eigenvalue weighted by atomic mass is 16.5. The molecule has 0 spiro atoms. The lowest BCUT2D eigenvalue weighted by molar-refractivity contribution is -0.130. The summed E-state index contributed by atoms with van der Waals surface area (Å²) in [6.07, 6.45) is 6.75. The second-order valence-electron chi connectivity index (χ2n) is 5.17. The predicted octanol–water partition coefficient (Wildman–Crippen LogP) is 1.16. The van der Waals surface area contributed by atoms with Crippen LogP contribution in [-0.2, 0) is 9.53 Å². The van der Waals surface area contributed by atoms with Gasteiger partial charge < -0.3 is 15.0 Å². The van der Waals surface area contributed by atoms with Crippen molar-refractivity contribution < 1.29 is 9.53 Å². The van der Waals surface area contributed by atoms with Crippen LogP contribution in [0.15, 0.2) is 0 Å². The quantitative estimate of drug-likeness (QED) is 0.801. The summed E-state index contributed by atoms with van der Waals surface area (Å²) in [7, 11) is 1.73. The smallest absolute Gasteiger partial charge is 0.222 e. The van der Waals surface area contributed by atoms with Crippen molar-refractivity contribution in [3.63, 3.8) is 0 Å². The SMILES string of the molecule is COC1CCN(C(=O)CCC2CCCCN2)C1. The van der Waals surface area contributed by atoms with Gasteiger partial charge in [-0.2, -0.15) is 0 Å². The Morgan fingerprint density at radius 2 is 2.29 bits per heavy atom. The molecule has 0 aliphatic carbocycles. The molecular weight excluding hydrogens is 216 g/mol. The summed E-state index contributed by atoms with van der Waals surface area (Å²) in [5.74, 6) is 0.303. The first-order valence-electron chi connectivity index (χ1n) is 6.83. The number of ether oxygens (including phenoxy) is 1. The van der Waals surface area contributed by atoms with Crippen LogP contribution in [0.5, 0.6) is 0 Å². The van der Waals surface area contributed by atoms with Gasteiger partial charge in [0.2, 0.25) is 5.91 Å². The monoisotopic (exact) mass is 240 g/mol. The number of likely N-dealkylation sites (tertiary alicyclic amines) is 1. The van der Waals surface area contributed by atoms with Gasteiger partial charge in [0, 0.05) is 32.7 Å². The van der Waals surface area contributed by atoms with Gasteiger partial charge in [-0.3, -0.25) is 4.79 Å². The van der Waals surface area contributed by atoms with Gasteiger partial charge in [-0.05, 0) is 32.2 Å². The van der Waals surface area contributed by atoms with E-state index in [9.17, 15) is 4.79 Å². The fraction of sp³-hybridized carbons (Fsp3) is 0.923. The normalized spacial score (nSPS) is 29.6. The van der Waals surface area contributed by atoms with Crippen LogP contribution in [0.1, 0.15) is 38.5 Å². The summed E-state index contributed by atoms with van der Waals surface area (Å²) in [6.45, 7) is 2.77. The lowest BCUT2D eigenvalue weighted by Gasteiger charge is -2.24. The number of hydrogen-bond acceptors (Lipinski definition) is 3. The first kappa shape index (κ1) is 12.8. The summed E-state index contributed by atoms with van der Waals surface area (Å²) in [6, 6.07) is 0.563. The first-order valence-corrected chi connectivity index (χ1v) is 6.83. The summed E-state index contributed by atoms with van der Waals surface area (Å²) < 4.78 is 5.28. The van der Waals surface area contributed by atoms with Crippen LogP contribution >= 0.6 is 0 Å². The van der Waals surface area contributed by atoms with Crippen molar-refractivity contribution in [2.75, 3.05) is 26.7 Å². The highest BCUT2D eigenvalue weighted by Crippen LogP contribution is 2.16. The van der Waals surface area contributed by atoms with Crippen molar-refractivity contribution in [2.24, 2.45) is 0 Å². The van der Waals surface area contributed by atoms with E-state index in [2.05, 4.69) is 5.32 Å². The highest BCUT2D eigenvalue weighted by molar-refractivity contribution is 5.76. The molecule has 98 valence electrons. The zero-order valence-electron chi connectivity index (χ0n) is 10.8. The number of rotatable bonds is 4. The van der Waals surface area contributed by atoms with Crippen LogP contribution in [0.4, 0.5) is 0 Å². The van der Waals surface area contributed by atoms with Crippen LogP contribution < -0.4 is 5.32 Å². The Morgan fingerprint density at radius 3 is 2.94 bits per heavy atom. The Bertz CT molecular complexity index is 252. The zero-order chi connectivity index (χ0) is 12.1. The van der Waals surface area contributed by atoms with Crippen LogP contribution in [0.2, 0.25) is 0 Å². The molecule has 2 atom stereocenters. The maximum absolute atomic E-state index is 12.0. The molecule has 4 nitrogen and oxygen atoms in total. The second kappa shape index (κ2) is 6.36. The molecule has 0 radical (unpaired) electrons. The summed E-state index contributed by atoms with van der Waals surface area (Å²) in [5.41, 5.74) is 0.